The molecule has 17 heteroatoms. The lowest BCUT2D eigenvalue weighted by atomic mass is 10.2. The van der Waals surface area contributed by atoms with Crippen molar-refractivity contribution in [3.63, 3.8) is 0 Å². The number of carbonyl (C=O) groups is 3. The summed E-state index contributed by atoms with van der Waals surface area (Å²) in [6.45, 7) is 7.07. The van der Waals surface area contributed by atoms with Crippen LogP contribution < -0.4 is 19.3 Å². The van der Waals surface area contributed by atoms with Crippen LogP contribution in [0.4, 0.5) is 5.69 Å². The smallest absolute Gasteiger partial charge is 0.340 e. The van der Waals surface area contributed by atoms with Crippen molar-refractivity contribution in [1.82, 2.24) is 9.97 Å². The minimum absolute atomic E-state index is 0.103. The highest BCUT2D eigenvalue weighted by Crippen LogP contribution is 2.29. The molecule has 1 unspecified atom stereocenters. The van der Waals surface area contributed by atoms with Gasteiger partial charge >= 0.3 is 17.9 Å². The molecule has 0 radical (unpaired) electrons. The lowest BCUT2D eigenvalue weighted by molar-refractivity contribution is -0.137. The summed E-state index contributed by atoms with van der Waals surface area (Å²) in [5, 5.41) is 29.6. The number of aromatic amines is 1. The molecule has 1 atom stereocenters. The highest BCUT2D eigenvalue weighted by Gasteiger charge is 2.30. The third-order valence-electron chi connectivity index (χ3n) is 6.74. The molecule has 0 aliphatic rings. The quantitative estimate of drug-likeness (QED) is 0.101. The van der Waals surface area contributed by atoms with Gasteiger partial charge in [-0.1, -0.05) is 36.4 Å². The van der Waals surface area contributed by atoms with Crippen LogP contribution in [-0.2, 0) is 26.0 Å². The summed E-state index contributed by atoms with van der Waals surface area (Å²) in [5.74, 6) is -2.03. The summed E-state index contributed by atoms with van der Waals surface area (Å²) < 4.78 is 37.3. The van der Waals surface area contributed by atoms with Gasteiger partial charge in [0.2, 0.25) is 0 Å². The van der Waals surface area contributed by atoms with Crippen LogP contribution in [0.5, 0.6) is 11.5 Å². The Labute approximate surface area is 297 Å². The van der Waals surface area contributed by atoms with Gasteiger partial charge in [0.1, 0.15) is 17.1 Å². The number of benzene rings is 2. The molecule has 2 aromatic heterocycles. The van der Waals surface area contributed by atoms with Crippen LogP contribution in [0.15, 0.2) is 74.1 Å². The van der Waals surface area contributed by atoms with Crippen molar-refractivity contribution in [2.75, 3.05) is 24.3 Å². The van der Waals surface area contributed by atoms with Gasteiger partial charge in [-0.15, -0.1) is 11.3 Å². The van der Waals surface area contributed by atoms with Crippen LogP contribution in [0.3, 0.4) is 0 Å². The molecule has 0 aliphatic heterocycles. The number of sulfonamides is 1. The van der Waals surface area contributed by atoms with Gasteiger partial charge in [0.25, 0.3) is 15.6 Å². The lowest BCUT2D eigenvalue weighted by Gasteiger charge is -2.30. The zero-order chi connectivity index (χ0) is 37.6. The fourth-order valence-electron chi connectivity index (χ4n) is 4.32. The third kappa shape index (κ3) is 11.9. The number of carboxylic acid groups (broad SMARTS) is 3. The molecule has 4 rings (SSSR count). The van der Waals surface area contributed by atoms with E-state index in [2.05, 4.69) is 9.97 Å². The van der Waals surface area contributed by atoms with Crippen LogP contribution >= 0.6 is 23.1 Å². The van der Waals surface area contributed by atoms with E-state index in [9.17, 15) is 27.6 Å². The Morgan fingerprint density at radius 1 is 0.960 bits per heavy atom. The van der Waals surface area contributed by atoms with Gasteiger partial charge < -0.3 is 29.8 Å². The predicted octanol–water partition coefficient (Wildman–Crippen LogP) is 5.33. The zero-order valence-electron chi connectivity index (χ0n) is 28.2. The van der Waals surface area contributed by atoms with E-state index in [1.807, 2.05) is 13.8 Å². The van der Waals surface area contributed by atoms with Crippen LogP contribution in [0.25, 0.3) is 0 Å². The van der Waals surface area contributed by atoms with E-state index in [1.54, 1.807) is 61.0 Å². The molecular formula is C33H39N3O11S3. The van der Waals surface area contributed by atoms with Crippen LogP contribution in [0.1, 0.15) is 47.4 Å². The number of aliphatic carboxylic acids is 2. The number of aromatic nitrogens is 2. The Morgan fingerprint density at radius 3 is 2.04 bits per heavy atom. The first kappa shape index (κ1) is 41.3. The van der Waals surface area contributed by atoms with Crippen molar-refractivity contribution in [3.05, 3.63) is 92.0 Å². The van der Waals surface area contributed by atoms with E-state index in [-0.39, 0.29) is 28.2 Å². The predicted molar refractivity (Wildman–Crippen MR) is 191 cm³/mol. The van der Waals surface area contributed by atoms with Crippen LogP contribution in [0, 0.1) is 13.8 Å². The summed E-state index contributed by atoms with van der Waals surface area (Å²) in [4.78, 5) is 50.1. The molecule has 0 saturated carbocycles. The first-order valence-electron chi connectivity index (χ1n) is 14.8. The maximum absolute atomic E-state index is 13.1. The SMILES string of the molecule is CCc1c(C)nc(SCC(=O)O)[nH]c1=O.COc1ccc(N(C(C)CC(=O)O)S(=O)(=O)c2ccc(C)cc2)cc1.COc1cscc1C(=O)O. The number of methoxy groups -OCH3 is 2. The zero-order valence-corrected chi connectivity index (χ0v) is 30.6. The number of anilines is 1. The number of aryl methyl sites for hydroxylation is 2. The van der Waals surface area contributed by atoms with E-state index >= 15 is 0 Å². The van der Waals surface area contributed by atoms with E-state index in [0.29, 0.717) is 40.0 Å². The Bertz CT molecular complexity index is 1910. The van der Waals surface area contributed by atoms with Crippen LogP contribution in [-0.4, -0.2) is 77.6 Å². The second-order valence-electron chi connectivity index (χ2n) is 10.4. The van der Waals surface area contributed by atoms with E-state index in [4.69, 9.17) is 24.8 Å². The van der Waals surface area contributed by atoms with Gasteiger partial charge in [0.15, 0.2) is 5.16 Å². The summed E-state index contributed by atoms with van der Waals surface area (Å²) in [6, 6.07) is 12.2. The first-order valence-corrected chi connectivity index (χ1v) is 18.2. The fourth-order valence-corrected chi connectivity index (χ4v) is 7.37. The number of carboxylic acids is 3. The minimum Gasteiger partial charge on any atom is -0.497 e. The molecule has 0 aliphatic carbocycles. The lowest BCUT2D eigenvalue weighted by Crippen LogP contribution is -2.40. The molecule has 2 heterocycles. The second kappa shape index (κ2) is 19.4. The van der Waals surface area contributed by atoms with Gasteiger partial charge in [0.05, 0.1) is 43.0 Å². The van der Waals surface area contributed by atoms with E-state index in [0.717, 1.165) is 21.6 Å². The van der Waals surface area contributed by atoms with Crippen molar-refractivity contribution < 1.29 is 47.6 Å². The number of thiophene rings is 1. The number of nitrogens with zero attached hydrogens (tertiary/aromatic N) is 2. The molecule has 270 valence electrons. The van der Waals surface area contributed by atoms with Crippen molar-refractivity contribution >= 4 is 56.7 Å². The maximum atomic E-state index is 13.1. The van der Waals surface area contributed by atoms with E-state index in [1.165, 1.54) is 37.7 Å². The number of ether oxygens (including phenoxy) is 2. The molecule has 0 fully saturated rings. The van der Waals surface area contributed by atoms with Gasteiger partial charge in [-0.2, -0.15) is 0 Å². The van der Waals surface area contributed by atoms with E-state index < -0.39 is 34.0 Å². The number of nitrogens with one attached hydrogen (secondary N) is 1. The summed E-state index contributed by atoms with van der Waals surface area (Å²) in [6.07, 6.45) is 0.315. The highest BCUT2D eigenvalue weighted by atomic mass is 32.2. The number of H-pyrrole nitrogens is 1. The molecular weight excluding hydrogens is 711 g/mol. The van der Waals surface area contributed by atoms with Crippen molar-refractivity contribution in [2.24, 2.45) is 0 Å². The molecule has 4 N–H and O–H groups in total. The van der Waals surface area contributed by atoms with Gasteiger partial charge in [-0.3, -0.25) is 18.7 Å². The third-order valence-corrected chi connectivity index (χ3v) is 10.3. The molecule has 0 saturated heterocycles. The Balaban J connectivity index is 0.000000292. The van der Waals surface area contributed by atoms with Gasteiger partial charge in [-0.25, -0.2) is 18.2 Å². The monoisotopic (exact) mass is 749 g/mol. The molecule has 14 nitrogen and oxygen atoms in total. The molecule has 0 bridgehead atoms. The summed E-state index contributed by atoms with van der Waals surface area (Å²) in [5.41, 5.74) is 2.68. The van der Waals surface area contributed by atoms with Crippen molar-refractivity contribution in [3.8, 4) is 11.5 Å². The van der Waals surface area contributed by atoms with Crippen molar-refractivity contribution in [1.29, 1.82) is 0 Å². The maximum Gasteiger partial charge on any atom is 0.340 e. The van der Waals surface area contributed by atoms with Crippen LogP contribution in [0.2, 0.25) is 0 Å². The number of hydrogen-bond acceptors (Lipinski definition) is 11. The molecule has 4 aromatic rings. The number of hydrogen-bond donors (Lipinski definition) is 4. The molecule has 0 spiro atoms. The normalized spacial score (nSPS) is 11.2. The average Bonchev–Trinajstić information content (AvgIpc) is 3.54. The average molecular weight is 750 g/mol. The topological polar surface area (TPSA) is 213 Å². The minimum atomic E-state index is -3.91. The standard InChI is InChI=1S/C18H21NO5S.C9H12N2O3S.C6H6O3S/c1-13-4-10-17(11-5-13)25(22,23)19(14(2)12-18(20)21)15-6-8-16(24-3)9-7-15;1-3-6-5(2)10-9(11-8(6)14)15-4-7(12)13;1-9-5-3-10-2-4(5)6(7)8/h4-11,14H,12H2,1-3H3,(H,20,21);3-4H2,1-2H3,(H,12,13)(H,10,11,14);2-3H,1H3,(H,7,8). The largest absolute Gasteiger partial charge is 0.497 e. The molecule has 50 heavy (non-hydrogen) atoms. The Morgan fingerprint density at radius 2 is 1.58 bits per heavy atom. The summed E-state index contributed by atoms with van der Waals surface area (Å²) in [7, 11) is -0.937. The second-order valence-corrected chi connectivity index (χ2v) is 13.9. The van der Waals surface area contributed by atoms with Gasteiger partial charge in [-0.05, 0) is 63.6 Å². The Kier molecular flexibility index (Phi) is 16.0. The number of aromatic carboxylic acids is 1. The number of rotatable bonds is 13. The first-order chi connectivity index (χ1) is 23.5. The highest BCUT2D eigenvalue weighted by molar-refractivity contribution is 7.99. The molecule has 0 amide bonds. The number of thioether (sulfide) groups is 1. The summed E-state index contributed by atoms with van der Waals surface area (Å²) >= 11 is 2.32. The molecule has 2 aromatic carbocycles. The Hall–Kier alpha value is -4.87. The van der Waals surface area contributed by atoms with Crippen molar-refractivity contribution in [2.45, 2.75) is 56.6 Å². The van der Waals surface area contributed by atoms with Gasteiger partial charge in [0, 0.05) is 22.0 Å². The fraction of sp³-hybridized carbons (Fsp3) is 0.303.